The third kappa shape index (κ3) is 3.43. The summed E-state index contributed by atoms with van der Waals surface area (Å²) in [5.41, 5.74) is 1.03. The van der Waals surface area contributed by atoms with Crippen molar-refractivity contribution in [3.8, 4) is 0 Å². The number of benzene rings is 1. The number of anilines is 2. The summed E-state index contributed by atoms with van der Waals surface area (Å²) in [7, 11) is 1.84. The SMILES string of the molecule is CN(Cc1ccccc1)c1ncnc(NC23CC4CC(CC(C4)C2)C3)c1[N+](=O)[O-]. The lowest BCUT2D eigenvalue weighted by atomic mass is 9.53. The number of hydrogen-bond donors (Lipinski definition) is 1. The molecule has 0 spiro atoms. The quantitative estimate of drug-likeness (QED) is 0.578. The fourth-order valence-electron chi connectivity index (χ4n) is 6.36. The maximum Gasteiger partial charge on any atom is 0.353 e. The highest BCUT2D eigenvalue weighted by Crippen LogP contribution is 2.57. The Morgan fingerprint density at radius 3 is 2.31 bits per heavy atom. The zero-order valence-electron chi connectivity index (χ0n) is 16.8. The monoisotopic (exact) mass is 393 g/mol. The van der Waals surface area contributed by atoms with E-state index in [2.05, 4.69) is 15.3 Å². The number of nitrogens with one attached hydrogen (secondary N) is 1. The molecular formula is C22H27N5O2. The van der Waals surface area contributed by atoms with E-state index in [-0.39, 0.29) is 16.1 Å². The van der Waals surface area contributed by atoms with Crippen LogP contribution in [-0.2, 0) is 6.54 Å². The number of hydrogen-bond acceptors (Lipinski definition) is 6. The summed E-state index contributed by atoms with van der Waals surface area (Å²) in [5.74, 6) is 3.02. The van der Waals surface area contributed by atoms with Gasteiger partial charge in [0.2, 0.25) is 11.6 Å². The molecule has 1 N–H and O–H groups in total. The Hall–Kier alpha value is -2.70. The van der Waals surface area contributed by atoms with Gasteiger partial charge in [-0.1, -0.05) is 30.3 Å². The van der Waals surface area contributed by atoms with Crippen molar-refractivity contribution in [3.05, 3.63) is 52.3 Å². The molecule has 6 rings (SSSR count). The van der Waals surface area contributed by atoms with Crippen LogP contribution in [0.4, 0.5) is 17.3 Å². The van der Waals surface area contributed by atoms with Crippen molar-refractivity contribution in [2.75, 3.05) is 17.3 Å². The van der Waals surface area contributed by atoms with Gasteiger partial charge in [0, 0.05) is 19.1 Å². The summed E-state index contributed by atoms with van der Waals surface area (Å²) in [6, 6.07) is 9.93. The predicted octanol–water partition coefficient (Wildman–Crippen LogP) is 4.40. The van der Waals surface area contributed by atoms with Crippen LogP contribution >= 0.6 is 0 Å². The third-order valence-electron chi connectivity index (χ3n) is 7.03. The van der Waals surface area contributed by atoms with Gasteiger partial charge in [0.05, 0.1) is 4.92 Å². The molecule has 2 aromatic rings. The fourth-order valence-corrected chi connectivity index (χ4v) is 6.36. The van der Waals surface area contributed by atoms with E-state index in [9.17, 15) is 10.1 Å². The molecule has 4 aliphatic rings. The Morgan fingerprint density at radius 1 is 1.10 bits per heavy atom. The third-order valence-corrected chi connectivity index (χ3v) is 7.03. The molecule has 0 amide bonds. The average Bonchev–Trinajstić information content (AvgIpc) is 2.67. The zero-order chi connectivity index (χ0) is 20.0. The van der Waals surface area contributed by atoms with Crippen LogP contribution in [0.3, 0.4) is 0 Å². The lowest BCUT2D eigenvalue weighted by Gasteiger charge is -2.57. The van der Waals surface area contributed by atoms with Crippen molar-refractivity contribution in [2.45, 2.75) is 50.6 Å². The number of aromatic nitrogens is 2. The van der Waals surface area contributed by atoms with E-state index in [1.165, 1.54) is 25.6 Å². The van der Waals surface area contributed by atoms with Crippen LogP contribution in [0.25, 0.3) is 0 Å². The van der Waals surface area contributed by atoms with Gasteiger partial charge in [0.1, 0.15) is 6.33 Å². The molecule has 0 aliphatic heterocycles. The standard InChI is InChI=1S/C22H27N5O2/c1-26(13-15-5-3-2-4-6-15)21-19(27(28)29)20(23-14-24-21)25-22-10-16-7-17(11-22)9-18(8-16)12-22/h2-6,14,16-18H,7-13H2,1H3,(H,23,24,25). The molecule has 1 aromatic carbocycles. The van der Waals surface area contributed by atoms with E-state index in [1.54, 1.807) is 0 Å². The highest BCUT2D eigenvalue weighted by Gasteiger charge is 2.51. The average molecular weight is 393 g/mol. The highest BCUT2D eigenvalue weighted by atomic mass is 16.6. The first-order valence-electron chi connectivity index (χ1n) is 10.5. The van der Waals surface area contributed by atoms with Crippen molar-refractivity contribution in [1.82, 2.24) is 9.97 Å². The zero-order valence-corrected chi connectivity index (χ0v) is 16.8. The predicted molar refractivity (Wildman–Crippen MR) is 112 cm³/mol. The maximum absolute atomic E-state index is 12.0. The minimum atomic E-state index is -0.334. The topological polar surface area (TPSA) is 84.2 Å². The molecule has 7 heteroatoms. The van der Waals surface area contributed by atoms with E-state index in [0.29, 0.717) is 18.2 Å². The van der Waals surface area contributed by atoms with Crippen LogP contribution in [0.15, 0.2) is 36.7 Å². The molecule has 4 fully saturated rings. The lowest BCUT2D eigenvalue weighted by molar-refractivity contribution is -0.383. The van der Waals surface area contributed by atoms with Crippen molar-refractivity contribution < 1.29 is 4.92 Å². The first-order valence-corrected chi connectivity index (χ1v) is 10.5. The largest absolute Gasteiger partial charge is 0.359 e. The molecule has 29 heavy (non-hydrogen) atoms. The molecule has 0 unspecified atom stereocenters. The molecule has 0 radical (unpaired) electrons. The van der Waals surface area contributed by atoms with Crippen LogP contribution in [0, 0.1) is 27.9 Å². The highest BCUT2D eigenvalue weighted by molar-refractivity contribution is 5.70. The van der Waals surface area contributed by atoms with E-state index in [0.717, 1.165) is 42.6 Å². The van der Waals surface area contributed by atoms with Gasteiger partial charge in [-0.15, -0.1) is 0 Å². The minimum absolute atomic E-state index is 0.0123. The Labute approximate surface area is 170 Å². The second kappa shape index (κ2) is 6.97. The van der Waals surface area contributed by atoms with E-state index in [1.807, 2.05) is 42.3 Å². The van der Waals surface area contributed by atoms with Crippen LogP contribution in [0.5, 0.6) is 0 Å². The number of rotatable bonds is 6. The Balaban J connectivity index is 1.45. The molecule has 4 saturated carbocycles. The molecule has 7 nitrogen and oxygen atoms in total. The van der Waals surface area contributed by atoms with Gasteiger partial charge in [-0.05, 0) is 61.8 Å². The molecular weight excluding hydrogens is 366 g/mol. The smallest absolute Gasteiger partial charge is 0.353 e. The molecule has 152 valence electrons. The summed E-state index contributed by atoms with van der Waals surface area (Å²) in [4.78, 5) is 22.2. The van der Waals surface area contributed by atoms with Gasteiger partial charge in [-0.2, -0.15) is 0 Å². The van der Waals surface area contributed by atoms with Gasteiger partial charge in [0.25, 0.3) is 0 Å². The molecule has 0 saturated heterocycles. The van der Waals surface area contributed by atoms with Crippen LogP contribution in [-0.4, -0.2) is 27.5 Å². The van der Waals surface area contributed by atoms with Crippen LogP contribution in [0.2, 0.25) is 0 Å². The van der Waals surface area contributed by atoms with Crippen LogP contribution in [0.1, 0.15) is 44.1 Å². The van der Waals surface area contributed by atoms with Gasteiger partial charge in [0.15, 0.2) is 0 Å². The Kier molecular flexibility index (Phi) is 4.41. The molecule has 4 aliphatic carbocycles. The van der Waals surface area contributed by atoms with Crippen molar-refractivity contribution >= 4 is 17.3 Å². The van der Waals surface area contributed by atoms with Gasteiger partial charge >= 0.3 is 5.69 Å². The Bertz CT molecular complexity index is 881. The minimum Gasteiger partial charge on any atom is -0.359 e. The van der Waals surface area contributed by atoms with Crippen LogP contribution < -0.4 is 10.2 Å². The number of nitrogens with zero attached hydrogens (tertiary/aromatic N) is 4. The normalized spacial score (nSPS) is 29.6. The van der Waals surface area contributed by atoms with Crippen molar-refractivity contribution in [3.63, 3.8) is 0 Å². The molecule has 0 atom stereocenters. The molecule has 1 heterocycles. The first kappa shape index (κ1) is 18.3. The van der Waals surface area contributed by atoms with Crippen molar-refractivity contribution in [2.24, 2.45) is 17.8 Å². The van der Waals surface area contributed by atoms with Crippen molar-refractivity contribution in [1.29, 1.82) is 0 Å². The number of nitro groups is 1. The summed E-state index contributed by atoms with van der Waals surface area (Å²) in [6.07, 6.45) is 8.76. The van der Waals surface area contributed by atoms with Gasteiger partial charge in [-0.25, -0.2) is 9.97 Å². The lowest BCUT2D eigenvalue weighted by Crippen LogP contribution is -2.55. The summed E-state index contributed by atoms with van der Waals surface area (Å²) in [5, 5.41) is 15.6. The van der Waals surface area contributed by atoms with E-state index >= 15 is 0 Å². The summed E-state index contributed by atoms with van der Waals surface area (Å²) >= 11 is 0. The van der Waals surface area contributed by atoms with E-state index in [4.69, 9.17) is 0 Å². The summed E-state index contributed by atoms with van der Waals surface area (Å²) in [6.45, 7) is 0.551. The summed E-state index contributed by atoms with van der Waals surface area (Å²) < 4.78 is 0. The van der Waals surface area contributed by atoms with Gasteiger partial charge < -0.3 is 10.2 Å². The second-order valence-electron chi connectivity index (χ2n) is 9.32. The van der Waals surface area contributed by atoms with Gasteiger partial charge in [-0.3, -0.25) is 10.1 Å². The molecule has 4 bridgehead atoms. The Morgan fingerprint density at radius 2 is 1.72 bits per heavy atom. The first-order chi connectivity index (χ1) is 14.0. The maximum atomic E-state index is 12.0. The second-order valence-corrected chi connectivity index (χ2v) is 9.32. The van der Waals surface area contributed by atoms with E-state index < -0.39 is 0 Å². The molecule has 1 aromatic heterocycles. The fraction of sp³-hybridized carbons (Fsp3) is 0.545.